The Kier molecular flexibility index (Phi) is 9.58. The summed E-state index contributed by atoms with van der Waals surface area (Å²) < 4.78 is 26.2. The van der Waals surface area contributed by atoms with Crippen LogP contribution in [0.1, 0.15) is 10.4 Å². The minimum absolute atomic E-state index is 0.322. The van der Waals surface area contributed by atoms with Crippen molar-refractivity contribution in [2.24, 2.45) is 0 Å². The van der Waals surface area contributed by atoms with Gasteiger partial charge < -0.3 is 33.4 Å². The third-order valence-electron chi connectivity index (χ3n) is 4.19. The molecule has 160 valence electrons. The Morgan fingerprint density at radius 1 is 0.966 bits per heavy atom. The van der Waals surface area contributed by atoms with Gasteiger partial charge in [-0.2, -0.15) is 0 Å². The lowest BCUT2D eigenvalue weighted by Crippen LogP contribution is -2.31. The van der Waals surface area contributed by atoms with Crippen molar-refractivity contribution in [1.82, 2.24) is 0 Å². The molecule has 0 radical (unpaired) electrons. The number of rotatable bonds is 14. The van der Waals surface area contributed by atoms with E-state index in [1.807, 2.05) is 11.0 Å². The van der Waals surface area contributed by atoms with Crippen molar-refractivity contribution in [1.29, 1.82) is 0 Å². The number of carbonyl (C=O) groups is 1. The first-order valence-corrected chi connectivity index (χ1v) is 9.26. The van der Waals surface area contributed by atoms with E-state index < -0.39 is 11.6 Å². The van der Waals surface area contributed by atoms with Gasteiger partial charge in [-0.15, -0.1) is 0 Å². The molecule has 9 heteroatoms. The minimum atomic E-state index is -1.31. The molecule has 1 heterocycles. The van der Waals surface area contributed by atoms with E-state index in [-0.39, 0.29) is 5.56 Å². The van der Waals surface area contributed by atoms with Crippen molar-refractivity contribution in [3.05, 3.63) is 40.2 Å². The summed E-state index contributed by atoms with van der Waals surface area (Å²) in [6, 6.07) is 6.61. The Morgan fingerprint density at radius 3 is 2.14 bits per heavy atom. The topological polar surface area (TPSA) is 108 Å². The summed E-state index contributed by atoms with van der Waals surface area (Å²) in [7, 11) is 3.23. The van der Waals surface area contributed by atoms with Gasteiger partial charge in [-0.25, -0.2) is 9.59 Å². The van der Waals surface area contributed by atoms with Crippen LogP contribution in [0.25, 0.3) is 11.0 Å². The second kappa shape index (κ2) is 12.2. The van der Waals surface area contributed by atoms with Gasteiger partial charge in [0.05, 0.1) is 39.6 Å². The van der Waals surface area contributed by atoms with Gasteiger partial charge in [-0.3, -0.25) is 0 Å². The lowest BCUT2D eigenvalue weighted by atomic mass is 10.1. The molecule has 1 N–H and O–H groups in total. The summed E-state index contributed by atoms with van der Waals surface area (Å²) >= 11 is 0. The first-order chi connectivity index (χ1) is 14.1. The fourth-order valence-electron chi connectivity index (χ4n) is 2.65. The van der Waals surface area contributed by atoms with E-state index in [0.29, 0.717) is 63.7 Å². The molecule has 0 aliphatic carbocycles. The van der Waals surface area contributed by atoms with Crippen LogP contribution < -0.4 is 10.5 Å². The Morgan fingerprint density at radius 2 is 1.59 bits per heavy atom. The zero-order chi connectivity index (χ0) is 21.1. The smallest absolute Gasteiger partial charge is 0.351 e. The normalized spacial score (nSPS) is 11.1. The van der Waals surface area contributed by atoms with E-state index in [1.54, 1.807) is 26.4 Å². The summed E-state index contributed by atoms with van der Waals surface area (Å²) in [5, 5.41) is 9.61. The van der Waals surface area contributed by atoms with Crippen LogP contribution in [0, 0.1) is 0 Å². The van der Waals surface area contributed by atoms with Crippen LogP contribution in [0.15, 0.2) is 33.5 Å². The lowest BCUT2D eigenvalue weighted by Gasteiger charge is -2.25. The summed E-state index contributed by atoms with van der Waals surface area (Å²) in [5.41, 5.74) is -0.128. The summed E-state index contributed by atoms with van der Waals surface area (Å²) in [4.78, 5) is 25.0. The Bertz CT molecular complexity index is 821. The van der Waals surface area contributed by atoms with Crippen LogP contribution >= 0.6 is 0 Å². The predicted molar refractivity (Wildman–Crippen MR) is 107 cm³/mol. The maximum atomic E-state index is 11.9. The predicted octanol–water partition coefficient (Wildman–Crippen LogP) is 1.62. The first kappa shape index (κ1) is 22.8. The van der Waals surface area contributed by atoms with Crippen molar-refractivity contribution in [3.63, 3.8) is 0 Å². The molecule has 0 bridgehead atoms. The number of hydrogen-bond donors (Lipinski definition) is 1. The van der Waals surface area contributed by atoms with E-state index in [9.17, 15) is 9.59 Å². The van der Waals surface area contributed by atoms with Gasteiger partial charge in [0.1, 0.15) is 11.1 Å². The monoisotopic (exact) mass is 409 g/mol. The fourth-order valence-corrected chi connectivity index (χ4v) is 2.65. The Balaban J connectivity index is 2.13. The summed E-state index contributed by atoms with van der Waals surface area (Å²) in [6.45, 7) is 4.21. The highest BCUT2D eigenvalue weighted by Crippen LogP contribution is 2.22. The third kappa shape index (κ3) is 7.13. The molecule has 9 nitrogen and oxygen atoms in total. The maximum absolute atomic E-state index is 11.9. The molecular formula is C20H27NO8. The van der Waals surface area contributed by atoms with E-state index in [4.69, 9.17) is 28.5 Å². The lowest BCUT2D eigenvalue weighted by molar-refractivity contribution is 0.0677. The molecule has 0 fully saturated rings. The number of carboxylic acid groups (broad SMARTS) is 1. The number of ether oxygens (including phenoxy) is 4. The molecule has 0 unspecified atom stereocenters. The zero-order valence-electron chi connectivity index (χ0n) is 16.7. The molecule has 0 aliphatic rings. The van der Waals surface area contributed by atoms with Gasteiger partial charge >= 0.3 is 11.6 Å². The minimum Gasteiger partial charge on any atom is -0.477 e. The average molecular weight is 409 g/mol. The average Bonchev–Trinajstić information content (AvgIpc) is 2.70. The highest BCUT2D eigenvalue weighted by molar-refractivity contribution is 5.92. The summed E-state index contributed by atoms with van der Waals surface area (Å²) in [6.07, 6.45) is 0. The molecule has 0 saturated heterocycles. The van der Waals surface area contributed by atoms with E-state index in [1.165, 1.54) is 6.07 Å². The van der Waals surface area contributed by atoms with Crippen LogP contribution in [0.5, 0.6) is 0 Å². The fraction of sp³-hybridized carbons (Fsp3) is 0.500. The number of nitrogens with zero attached hydrogens (tertiary/aromatic N) is 1. The van der Waals surface area contributed by atoms with Crippen LogP contribution in [0.2, 0.25) is 0 Å². The van der Waals surface area contributed by atoms with Gasteiger partial charge in [0, 0.05) is 44.4 Å². The van der Waals surface area contributed by atoms with Gasteiger partial charge in [0.15, 0.2) is 0 Å². The van der Waals surface area contributed by atoms with Crippen LogP contribution in [-0.4, -0.2) is 78.0 Å². The standard InChI is InChI=1S/C20H27NO8/c1-25-9-11-27-7-5-21(6-8-28-12-10-26-2)16-4-3-15-13-17(19(22)23)20(24)29-18(15)14-16/h3-4,13-14H,5-12H2,1-2H3,(H,22,23). The maximum Gasteiger partial charge on any atom is 0.351 e. The van der Waals surface area contributed by atoms with Crippen LogP contribution in [-0.2, 0) is 18.9 Å². The van der Waals surface area contributed by atoms with Gasteiger partial charge in [0.25, 0.3) is 0 Å². The zero-order valence-corrected chi connectivity index (χ0v) is 16.7. The van der Waals surface area contributed by atoms with E-state index in [2.05, 4.69) is 0 Å². The second-order valence-electron chi connectivity index (χ2n) is 6.17. The molecule has 1 aromatic heterocycles. The number of hydrogen-bond acceptors (Lipinski definition) is 8. The van der Waals surface area contributed by atoms with Crippen molar-refractivity contribution >= 4 is 22.6 Å². The molecule has 0 amide bonds. The number of fused-ring (bicyclic) bond motifs is 1. The Hall–Kier alpha value is -2.46. The van der Waals surface area contributed by atoms with Crippen molar-refractivity contribution in [2.45, 2.75) is 0 Å². The number of methoxy groups -OCH3 is 2. The first-order valence-electron chi connectivity index (χ1n) is 9.26. The molecule has 1 aromatic carbocycles. The molecular weight excluding hydrogens is 382 g/mol. The third-order valence-corrected chi connectivity index (χ3v) is 4.19. The number of carboxylic acids is 1. The van der Waals surface area contributed by atoms with Crippen LogP contribution in [0.4, 0.5) is 5.69 Å². The molecule has 0 saturated carbocycles. The highest BCUT2D eigenvalue weighted by atomic mass is 16.5. The van der Waals surface area contributed by atoms with Crippen molar-refractivity contribution < 1.29 is 33.3 Å². The van der Waals surface area contributed by atoms with Crippen molar-refractivity contribution in [3.8, 4) is 0 Å². The quantitative estimate of drug-likeness (QED) is 0.368. The number of anilines is 1. The van der Waals surface area contributed by atoms with E-state index in [0.717, 1.165) is 5.69 Å². The van der Waals surface area contributed by atoms with Gasteiger partial charge in [0.2, 0.25) is 0 Å². The largest absolute Gasteiger partial charge is 0.477 e. The summed E-state index contributed by atoms with van der Waals surface area (Å²) in [5.74, 6) is -1.31. The molecule has 0 atom stereocenters. The molecule has 2 aromatic rings. The SMILES string of the molecule is COCCOCCN(CCOCCOC)c1ccc2cc(C(=O)O)c(=O)oc2c1. The number of benzene rings is 1. The molecule has 0 spiro atoms. The van der Waals surface area contributed by atoms with Gasteiger partial charge in [-0.05, 0) is 18.2 Å². The molecule has 29 heavy (non-hydrogen) atoms. The molecule has 2 rings (SSSR count). The van der Waals surface area contributed by atoms with E-state index >= 15 is 0 Å². The number of aromatic carboxylic acids is 1. The highest BCUT2D eigenvalue weighted by Gasteiger charge is 2.14. The Labute approximate surface area is 168 Å². The van der Waals surface area contributed by atoms with Gasteiger partial charge in [-0.1, -0.05) is 0 Å². The molecule has 0 aliphatic heterocycles. The van der Waals surface area contributed by atoms with Crippen molar-refractivity contribution in [2.75, 3.05) is 71.9 Å². The second-order valence-corrected chi connectivity index (χ2v) is 6.17. The van der Waals surface area contributed by atoms with Crippen LogP contribution in [0.3, 0.4) is 0 Å².